The quantitative estimate of drug-likeness (QED) is 0.506. The van der Waals surface area contributed by atoms with Gasteiger partial charge in [0.1, 0.15) is 34.0 Å². The summed E-state index contributed by atoms with van der Waals surface area (Å²) in [6.07, 6.45) is 1.57. The molecular formula is C17H13ClF2N5P. The average molecular weight is 392 g/mol. The summed E-state index contributed by atoms with van der Waals surface area (Å²) < 4.78 is 30.5. The van der Waals surface area contributed by atoms with Gasteiger partial charge < -0.3 is 5.32 Å². The zero-order valence-electron chi connectivity index (χ0n) is 13.8. The molecule has 5 nitrogen and oxygen atoms in total. The third-order valence-corrected chi connectivity index (χ3v) is 5.02. The second-order valence-corrected chi connectivity index (χ2v) is 6.91. The number of hydrogen-bond donors (Lipinski definition) is 1. The van der Waals surface area contributed by atoms with Crippen LogP contribution in [0.3, 0.4) is 0 Å². The van der Waals surface area contributed by atoms with Gasteiger partial charge in [-0.1, -0.05) is 17.7 Å². The molecule has 0 spiro atoms. The molecule has 3 heterocycles. The second kappa shape index (κ2) is 6.41. The lowest BCUT2D eigenvalue weighted by Gasteiger charge is -2.15. The maximum Gasteiger partial charge on any atom is 0.144 e. The molecule has 0 fully saturated rings. The standard InChI is InChI=1S/C17H13ClF2N5P/c1-8-15-9(6-13(18)22-8)16-12(7-21-25(16)26-2)23-17(24-15)14-10(19)4-3-5-11(14)20/h3-7,26H,1-2H3,(H,23,24). The highest BCUT2D eigenvalue weighted by Crippen LogP contribution is 2.42. The van der Waals surface area contributed by atoms with Crippen molar-refractivity contribution in [3.05, 3.63) is 58.5 Å². The first kappa shape index (κ1) is 17.1. The number of benzene rings is 1. The van der Waals surface area contributed by atoms with E-state index in [4.69, 9.17) is 11.6 Å². The van der Waals surface area contributed by atoms with Crippen LogP contribution in [0.2, 0.25) is 5.15 Å². The summed E-state index contributed by atoms with van der Waals surface area (Å²) >= 11 is 6.14. The van der Waals surface area contributed by atoms with Crippen LogP contribution in [0.25, 0.3) is 11.3 Å². The summed E-state index contributed by atoms with van der Waals surface area (Å²) in [4.78, 5) is 8.71. The van der Waals surface area contributed by atoms with Crippen molar-refractivity contribution in [1.82, 2.24) is 14.5 Å². The van der Waals surface area contributed by atoms with Crippen LogP contribution in [-0.4, -0.2) is 27.0 Å². The number of fused-ring (bicyclic) bond motifs is 3. The van der Waals surface area contributed by atoms with E-state index in [0.29, 0.717) is 31.0 Å². The van der Waals surface area contributed by atoms with E-state index in [-0.39, 0.29) is 11.4 Å². The largest absolute Gasteiger partial charge is 0.337 e. The monoisotopic (exact) mass is 391 g/mol. The van der Waals surface area contributed by atoms with Crippen molar-refractivity contribution in [2.24, 2.45) is 4.99 Å². The zero-order valence-corrected chi connectivity index (χ0v) is 15.6. The van der Waals surface area contributed by atoms with E-state index in [1.165, 1.54) is 18.2 Å². The Balaban J connectivity index is 2.04. The Morgan fingerprint density at radius 3 is 2.65 bits per heavy atom. The maximum atomic E-state index is 14.3. The number of rotatable bonds is 2. The molecule has 132 valence electrons. The van der Waals surface area contributed by atoms with Gasteiger partial charge in [0.15, 0.2) is 0 Å². The van der Waals surface area contributed by atoms with Crippen molar-refractivity contribution in [3.8, 4) is 11.3 Å². The van der Waals surface area contributed by atoms with Gasteiger partial charge in [0.2, 0.25) is 0 Å². The van der Waals surface area contributed by atoms with E-state index in [1.54, 1.807) is 23.6 Å². The molecule has 1 unspecified atom stereocenters. The van der Waals surface area contributed by atoms with Gasteiger partial charge in [0, 0.05) is 14.3 Å². The van der Waals surface area contributed by atoms with Gasteiger partial charge in [0.25, 0.3) is 0 Å². The number of hydrogen-bond acceptors (Lipinski definition) is 4. The van der Waals surface area contributed by atoms with E-state index in [0.717, 1.165) is 11.3 Å². The molecule has 9 heteroatoms. The van der Waals surface area contributed by atoms with Crippen molar-refractivity contribution in [2.45, 2.75) is 6.92 Å². The van der Waals surface area contributed by atoms with E-state index in [1.807, 2.05) is 6.66 Å². The molecule has 4 rings (SSSR count). The van der Waals surface area contributed by atoms with Gasteiger partial charge in [-0.25, -0.2) is 23.2 Å². The summed E-state index contributed by atoms with van der Waals surface area (Å²) in [5.41, 5.74) is 2.93. The Kier molecular flexibility index (Phi) is 4.21. The fourth-order valence-corrected chi connectivity index (χ4v) is 3.80. The van der Waals surface area contributed by atoms with E-state index < -0.39 is 11.6 Å². The normalized spacial score (nSPS) is 13.2. The van der Waals surface area contributed by atoms with Crippen LogP contribution in [0.1, 0.15) is 11.3 Å². The minimum absolute atomic E-state index is 0.0619. The molecule has 0 saturated carbocycles. The van der Waals surface area contributed by atoms with Crippen molar-refractivity contribution >= 4 is 37.5 Å². The van der Waals surface area contributed by atoms with Crippen LogP contribution >= 0.6 is 20.3 Å². The Bertz CT molecular complexity index is 1040. The second-order valence-electron chi connectivity index (χ2n) is 5.65. The topological polar surface area (TPSA) is 55.1 Å². The van der Waals surface area contributed by atoms with Gasteiger partial charge >= 0.3 is 0 Å². The number of halogens is 3. The molecule has 1 aliphatic rings. The molecule has 2 aromatic heterocycles. The molecule has 3 aromatic rings. The molecule has 1 aliphatic heterocycles. The first-order valence-electron chi connectivity index (χ1n) is 7.73. The fraction of sp³-hybridized carbons (Fsp3) is 0.118. The van der Waals surface area contributed by atoms with Gasteiger partial charge in [-0.2, -0.15) is 5.10 Å². The van der Waals surface area contributed by atoms with Gasteiger partial charge in [-0.3, -0.25) is 0 Å². The Labute approximate surface area is 155 Å². The first-order chi connectivity index (χ1) is 12.5. The Morgan fingerprint density at radius 2 is 1.96 bits per heavy atom. The molecule has 26 heavy (non-hydrogen) atoms. The molecular weight excluding hydrogens is 379 g/mol. The lowest BCUT2D eigenvalue weighted by molar-refractivity contribution is 0.579. The number of aromatic nitrogens is 3. The summed E-state index contributed by atoms with van der Waals surface area (Å²) in [5, 5.41) is 7.70. The fourth-order valence-electron chi connectivity index (χ4n) is 2.93. The Hall–Kier alpha value is -2.37. The number of aryl methyl sites for hydroxylation is 1. The van der Waals surface area contributed by atoms with Crippen LogP contribution in [0.5, 0.6) is 0 Å². The van der Waals surface area contributed by atoms with Crippen LogP contribution in [-0.2, 0) is 0 Å². The highest BCUT2D eigenvalue weighted by atomic mass is 35.5. The molecule has 1 aromatic carbocycles. The number of anilines is 1. The SMILES string of the molecule is CPn1ncc2c1-c1cc(Cl)nc(C)c1NC(c1c(F)cccc1F)=N2. The van der Waals surface area contributed by atoms with Crippen molar-refractivity contribution in [2.75, 3.05) is 12.0 Å². The number of nitrogens with one attached hydrogen (secondary N) is 1. The summed E-state index contributed by atoms with van der Waals surface area (Å²) in [5.74, 6) is -1.34. The minimum Gasteiger partial charge on any atom is -0.337 e. The predicted octanol–water partition coefficient (Wildman–Crippen LogP) is 4.76. The first-order valence-corrected chi connectivity index (χ1v) is 9.55. The lowest BCUT2D eigenvalue weighted by Crippen LogP contribution is -2.18. The van der Waals surface area contributed by atoms with Crippen LogP contribution in [0.4, 0.5) is 20.2 Å². The highest BCUT2D eigenvalue weighted by molar-refractivity contribution is 7.35. The summed E-state index contributed by atoms with van der Waals surface area (Å²) in [6.45, 7) is 3.75. The van der Waals surface area contributed by atoms with Crippen molar-refractivity contribution in [3.63, 3.8) is 0 Å². The number of amidine groups is 1. The van der Waals surface area contributed by atoms with Crippen molar-refractivity contribution < 1.29 is 8.78 Å². The maximum absolute atomic E-state index is 14.3. The molecule has 0 bridgehead atoms. The van der Waals surface area contributed by atoms with Gasteiger partial charge in [-0.15, -0.1) is 0 Å². The van der Waals surface area contributed by atoms with Gasteiger partial charge in [0.05, 0.1) is 23.1 Å². The summed E-state index contributed by atoms with van der Waals surface area (Å²) in [6, 6.07) is 5.40. The molecule has 0 saturated heterocycles. The van der Waals surface area contributed by atoms with Crippen LogP contribution in [0, 0.1) is 18.6 Å². The minimum atomic E-state index is -0.703. The van der Waals surface area contributed by atoms with Gasteiger partial charge in [-0.05, 0) is 31.8 Å². The Morgan fingerprint density at radius 1 is 1.23 bits per heavy atom. The third-order valence-electron chi connectivity index (χ3n) is 4.06. The summed E-state index contributed by atoms with van der Waals surface area (Å²) in [7, 11) is 0.347. The smallest absolute Gasteiger partial charge is 0.144 e. The molecule has 1 atom stereocenters. The molecule has 1 N–H and O–H groups in total. The average Bonchev–Trinajstić information content (AvgIpc) is 2.91. The predicted molar refractivity (Wildman–Crippen MR) is 101 cm³/mol. The van der Waals surface area contributed by atoms with Crippen molar-refractivity contribution in [1.29, 1.82) is 0 Å². The lowest BCUT2D eigenvalue weighted by atomic mass is 10.1. The van der Waals surface area contributed by atoms with Crippen LogP contribution < -0.4 is 5.32 Å². The van der Waals surface area contributed by atoms with E-state index in [9.17, 15) is 8.78 Å². The number of aliphatic imine (C=N–C) groups is 1. The molecule has 0 amide bonds. The number of nitrogens with zero attached hydrogens (tertiary/aromatic N) is 4. The molecule has 0 radical (unpaired) electrons. The molecule has 0 aliphatic carbocycles. The van der Waals surface area contributed by atoms with E-state index in [2.05, 4.69) is 20.4 Å². The highest BCUT2D eigenvalue weighted by Gasteiger charge is 2.26. The van der Waals surface area contributed by atoms with Crippen LogP contribution in [0.15, 0.2) is 35.5 Å². The number of pyridine rings is 1. The third kappa shape index (κ3) is 2.68. The zero-order chi connectivity index (χ0) is 18.4. The van der Waals surface area contributed by atoms with E-state index >= 15 is 0 Å².